The van der Waals surface area contributed by atoms with Crippen LogP contribution in [0.5, 0.6) is 0 Å². The van der Waals surface area contributed by atoms with Gasteiger partial charge in [0.15, 0.2) is 12.0 Å². The van der Waals surface area contributed by atoms with Gasteiger partial charge >= 0.3 is 13.6 Å². The number of urea groups is 1. The molecule has 0 aromatic rings. The van der Waals surface area contributed by atoms with Crippen LogP contribution in [0.2, 0.25) is 0 Å². The second-order valence-corrected chi connectivity index (χ2v) is 7.23. The molecule has 2 amide bonds. The summed E-state index contributed by atoms with van der Waals surface area (Å²) in [6.07, 6.45) is 2.74. The van der Waals surface area contributed by atoms with Crippen LogP contribution in [-0.4, -0.2) is 44.5 Å². The lowest BCUT2D eigenvalue weighted by molar-refractivity contribution is 0.0545. The predicted molar refractivity (Wildman–Crippen MR) is 88.2 cm³/mol. The number of aliphatic imine (C=N–C) groups is 1. The lowest BCUT2D eigenvalue weighted by atomic mass is 10.3. The molecule has 0 aromatic carbocycles. The zero-order valence-corrected chi connectivity index (χ0v) is 14.7. The lowest BCUT2D eigenvalue weighted by Gasteiger charge is -2.24. The summed E-state index contributed by atoms with van der Waals surface area (Å²) in [4.78, 5) is 20.9. The fourth-order valence-electron chi connectivity index (χ4n) is 2.24. The quantitative estimate of drug-likeness (QED) is 0.246. The van der Waals surface area contributed by atoms with Crippen LogP contribution in [0.1, 0.15) is 26.7 Å². The Kier molecular flexibility index (Phi) is 7.04. The smallest absolute Gasteiger partial charge is 0.330 e. The molecule has 1 atom stereocenters. The first-order chi connectivity index (χ1) is 11.6. The molecule has 2 heterocycles. The molecule has 10 nitrogen and oxygen atoms in total. The molecule has 0 aromatic heterocycles. The van der Waals surface area contributed by atoms with Crippen molar-refractivity contribution in [1.82, 2.24) is 21.4 Å². The first-order valence-electron chi connectivity index (χ1n) is 7.93. The summed E-state index contributed by atoms with van der Waals surface area (Å²) in [5.41, 5.74) is 3.39. The minimum atomic E-state index is -2.99. The van der Waals surface area contributed by atoms with Crippen molar-refractivity contribution in [1.29, 1.82) is 0 Å². The van der Waals surface area contributed by atoms with Crippen molar-refractivity contribution < 1.29 is 23.2 Å². The highest BCUT2D eigenvalue weighted by atomic mass is 31.2. The van der Waals surface area contributed by atoms with Crippen molar-refractivity contribution in [3.63, 3.8) is 0 Å². The summed E-state index contributed by atoms with van der Waals surface area (Å²) < 4.78 is 22.7. The molecule has 0 spiro atoms. The number of hydroxylamine groups is 1. The second kappa shape index (κ2) is 9.03. The maximum Gasteiger partial charge on any atom is 0.330 e. The number of nitrogens with zero attached hydrogens (tertiary/aromatic N) is 1. The largest absolute Gasteiger partial charge is 0.344 e. The van der Waals surface area contributed by atoms with Gasteiger partial charge in [0.05, 0.1) is 32.3 Å². The first kappa shape index (κ1) is 18.7. The minimum absolute atomic E-state index is 0.351. The first-order valence-corrected chi connectivity index (χ1v) is 9.66. The molecule has 11 heteroatoms. The Labute approximate surface area is 140 Å². The third-order valence-corrected chi connectivity index (χ3v) is 5.41. The molecule has 136 valence electrons. The third kappa shape index (κ3) is 5.20. The summed E-state index contributed by atoms with van der Waals surface area (Å²) in [5, 5.41) is 8.17. The van der Waals surface area contributed by atoms with Crippen molar-refractivity contribution in [2.75, 3.05) is 26.0 Å². The van der Waals surface area contributed by atoms with Gasteiger partial charge in [-0.2, -0.15) is 0 Å². The minimum Gasteiger partial charge on any atom is -0.344 e. The van der Waals surface area contributed by atoms with Gasteiger partial charge < -0.3 is 19.7 Å². The average Bonchev–Trinajstić information content (AvgIpc) is 2.99. The van der Waals surface area contributed by atoms with Gasteiger partial charge in [0.1, 0.15) is 5.70 Å². The maximum absolute atomic E-state index is 12.3. The second-order valence-electron chi connectivity index (χ2n) is 5.04. The Morgan fingerprint density at radius 3 is 2.75 bits per heavy atom. The van der Waals surface area contributed by atoms with Crippen LogP contribution in [0.25, 0.3) is 0 Å². The van der Waals surface area contributed by atoms with E-state index in [9.17, 15) is 9.36 Å². The number of carbonyl (C=O) groups excluding carboxylic acids is 1. The van der Waals surface area contributed by atoms with E-state index in [4.69, 9.17) is 13.9 Å². The van der Waals surface area contributed by atoms with Gasteiger partial charge in [0.2, 0.25) is 0 Å². The average molecular weight is 361 g/mol. The van der Waals surface area contributed by atoms with E-state index in [1.165, 1.54) is 6.34 Å². The van der Waals surface area contributed by atoms with Gasteiger partial charge in [-0.25, -0.2) is 15.3 Å². The maximum atomic E-state index is 12.3. The summed E-state index contributed by atoms with van der Waals surface area (Å²) >= 11 is 0. The third-order valence-electron chi connectivity index (χ3n) is 3.25. The summed E-state index contributed by atoms with van der Waals surface area (Å²) in [5.74, 6) is 0.426. The summed E-state index contributed by atoms with van der Waals surface area (Å²) in [7, 11) is -2.99. The number of hydrogen-bond acceptors (Lipinski definition) is 8. The van der Waals surface area contributed by atoms with E-state index < -0.39 is 13.8 Å². The van der Waals surface area contributed by atoms with E-state index in [0.717, 1.165) is 0 Å². The molecule has 24 heavy (non-hydrogen) atoms. The van der Waals surface area contributed by atoms with Crippen LogP contribution in [0.4, 0.5) is 4.79 Å². The SMILES string of the molecule is CCOP(=O)(CCCCONC1=C2NC=NC2NC(=O)N1)OCC. The summed E-state index contributed by atoms with van der Waals surface area (Å²) in [6.45, 7) is 4.67. The molecule has 0 saturated heterocycles. The summed E-state index contributed by atoms with van der Waals surface area (Å²) in [6, 6.07) is -0.356. The van der Waals surface area contributed by atoms with Crippen LogP contribution in [0, 0.1) is 0 Å². The van der Waals surface area contributed by atoms with E-state index in [1.54, 1.807) is 13.8 Å². The molecule has 2 aliphatic heterocycles. The number of unbranched alkanes of at least 4 members (excludes halogenated alkanes) is 1. The molecular formula is C13H24N5O5P. The number of hydrogen-bond donors (Lipinski definition) is 4. The van der Waals surface area contributed by atoms with Gasteiger partial charge in [0.25, 0.3) is 0 Å². The topological polar surface area (TPSA) is 122 Å². The normalized spacial score (nSPS) is 19.6. The monoisotopic (exact) mass is 361 g/mol. The van der Waals surface area contributed by atoms with Crippen LogP contribution in [0.15, 0.2) is 16.5 Å². The Morgan fingerprint density at radius 2 is 2.04 bits per heavy atom. The Balaban J connectivity index is 1.68. The van der Waals surface area contributed by atoms with Crippen LogP contribution < -0.4 is 21.4 Å². The van der Waals surface area contributed by atoms with Crippen molar-refractivity contribution in [3.8, 4) is 0 Å². The van der Waals surface area contributed by atoms with Crippen LogP contribution >= 0.6 is 7.60 Å². The van der Waals surface area contributed by atoms with E-state index >= 15 is 0 Å². The number of nitrogens with one attached hydrogen (secondary N) is 4. The van der Waals surface area contributed by atoms with Crippen molar-refractivity contribution in [2.24, 2.45) is 4.99 Å². The van der Waals surface area contributed by atoms with E-state index in [-0.39, 0.29) is 6.03 Å². The molecule has 1 unspecified atom stereocenters. The number of carbonyl (C=O) groups is 1. The predicted octanol–water partition coefficient (Wildman–Crippen LogP) is 0.993. The van der Waals surface area contributed by atoms with Crippen molar-refractivity contribution in [3.05, 3.63) is 11.5 Å². The van der Waals surface area contributed by atoms with Gasteiger partial charge in [-0.15, -0.1) is 0 Å². The molecule has 0 fully saturated rings. The molecule has 0 saturated carbocycles. The number of fused-ring (bicyclic) bond motifs is 1. The molecule has 0 radical (unpaired) electrons. The Bertz CT molecular complexity index is 543. The fraction of sp³-hybridized carbons (Fsp3) is 0.692. The number of rotatable bonds is 11. The highest BCUT2D eigenvalue weighted by Gasteiger charge is 2.29. The lowest BCUT2D eigenvalue weighted by Crippen LogP contribution is -2.51. The van der Waals surface area contributed by atoms with Crippen molar-refractivity contribution in [2.45, 2.75) is 32.9 Å². The van der Waals surface area contributed by atoms with E-state index in [2.05, 4.69) is 26.4 Å². The van der Waals surface area contributed by atoms with Crippen molar-refractivity contribution >= 4 is 20.0 Å². The zero-order valence-electron chi connectivity index (χ0n) is 13.8. The molecule has 2 rings (SSSR count). The molecule has 0 bridgehead atoms. The van der Waals surface area contributed by atoms with E-state index in [1.807, 2.05) is 0 Å². The van der Waals surface area contributed by atoms with Gasteiger partial charge in [0, 0.05) is 0 Å². The molecule has 4 N–H and O–H groups in total. The van der Waals surface area contributed by atoms with Crippen LogP contribution in [0.3, 0.4) is 0 Å². The zero-order chi connectivity index (χ0) is 17.4. The molecular weight excluding hydrogens is 337 g/mol. The fourth-order valence-corrected chi connectivity index (χ4v) is 3.97. The standard InChI is InChI=1S/C13H24N5O5P/c1-3-22-24(20,23-4-2)8-6-5-7-21-18-12-10-11(15-9-14-10)16-13(19)17-12/h9,11,18H,3-8H2,1-2H3,(H,14,15)(H2,16,17,19). The molecule has 2 aliphatic rings. The molecule has 0 aliphatic carbocycles. The van der Waals surface area contributed by atoms with Gasteiger partial charge in [-0.1, -0.05) is 0 Å². The van der Waals surface area contributed by atoms with Crippen LogP contribution in [-0.2, 0) is 18.5 Å². The van der Waals surface area contributed by atoms with Gasteiger partial charge in [-0.05, 0) is 26.7 Å². The highest BCUT2D eigenvalue weighted by Crippen LogP contribution is 2.48. The Hall–Kier alpha value is -1.61. The highest BCUT2D eigenvalue weighted by molar-refractivity contribution is 7.53. The van der Waals surface area contributed by atoms with E-state index in [0.29, 0.717) is 50.3 Å². The number of amides is 2. The van der Waals surface area contributed by atoms with Gasteiger partial charge in [-0.3, -0.25) is 14.7 Å². The Morgan fingerprint density at radius 1 is 1.29 bits per heavy atom.